The van der Waals surface area contributed by atoms with Crippen LogP contribution in [0, 0.1) is 15.5 Å². The summed E-state index contributed by atoms with van der Waals surface area (Å²) < 4.78 is 42.0. The Hall–Kier alpha value is -6.52. The van der Waals surface area contributed by atoms with Gasteiger partial charge in [-0.05, 0) is 104 Å². The molecule has 3 aliphatic heterocycles. The molecule has 3 N–H and O–H groups in total. The van der Waals surface area contributed by atoms with Crippen molar-refractivity contribution >= 4 is 44.0 Å². The van der Waals surface area contributed by atoms with Crippen molar-refractivity contribution in [2.75, 3.05) is 36.5 Å². The summed E-state index contributed by atoms with van der Waals surface area (Å²) in [5.74, 6) is -0.280. The minimum absolute atomic E-state index is 0.0315. The standard InChI is InChI=1S/C49H52N8O7S/c1-31(2)38-11-6-7-12-39(38)41-13-8-20-56(41)36-27-49(28-36)17-21-55(22-18-49)35-14-15-40(43(25-35)64-37-24-33-16-19-50-46(33)51-29-37)47(58)54-65(61,62)44-26-42(57(59)60)45-48(53-44)63-30-34(52-45)23-32-9-4-3-5-10-32/h3-7,9-12,14-16,19,24-26,29,31,34,36,41,52H,8,13,17-18,20-23,27-28,30H2,1-2H3,(H,50,51)(H,54,58)/t34-,41+/m1/s1. The lowest BCUT2D eigenvalue weighted by molar-refractivity contribution is -0.384. The summed E-state index contributed by atoms with van der Waals surface area (Å²) in [6, 6.07) is 28.8. The lowest BCUT2D eigenvalue weighted by Gasteiger charge is -2.56. The minimum Gasteiger partial charge on any atom is -0.474 e. The summed E-state index contributed by atoms with van der Waals surface area (Å²) in [4.78, 5) is 42.3. The number of carbonyl (C=O) groups is 1. The highest BCUT2D eigenvalue weighted by molar-refractivity contribution is 7.90. The van der Waals surface area contributed by atoms with E-state index in [-0.39, 0.29) is 35.5 Å². The van der Waals surface area contributed by atoms with Crippen molar-refractivity contribution < 1.29 is 27.6 Å². The fraction of sp³-hybridized carbons (Fsp3) is 0.367. The number of H-pyrrole nitrogens is 1. The van der Waals surface area contributed by atoms with E-state index < -0.39 is 31.6 Å². The van der Waals surface area contributed by atoms with Gasteiger partial charge < -0.3 is 24.7 Å². The van der Waals surface area contributed by atoms with E-state index in [0.717, 1.165) is 55.2 Å². The molecule has 3 aromatic heterocycles. The number of nitrogens with one attached hydrogen (secondary N) is 3. The Morgan fingerprint density at radius 1 is 1.02 bits per heavy atom. The molecule has 1 amide bonds. The van der Waals surface area contributed by atoms with Crippen molar-refractivity contribution in [1.29, 1.82) is 0 Å². The van der Waals surface area contributed by atoms with Gasteiger partial charge in [-0.2, -0.15) is 13.4 Å². The summed E-state index contributed by atoms with van der Waals surface area (Å²) >= 11 is 0. The summed E-state index contributed by atoms with van der Waals surface area (Å²) in [5, 5.41) is 15.5. The number of sulfonamides is 1. The van der Waals surface area contributed by atoms with E-state index >= 15 is 0 Å². The molecule has 4 aliphatic rings. The van der Waals surface area contributed by atoms with Gasteiger partial charge in [-0.3, -0.25) is 19.8 Å². The second-order valence-electron chi connectivity index (χ2n) is 18.3. The molecule has 0 unspecified atom stereocenters. The average molecular weight is 897 g/mol. The third kappa shape index (κ3) is 8.48. The Bertz CT molecular complexity index is 2870. The van der Waals surface area contributed by atoms with Crippen LogP contribution in [0.5, 0.6) is 17.4 Å². The van der Waals surface area contributed by atoms with E-state index in [0.29, 0.717) is 41.2 Å². The van der Waals surface area contributed by atoms with Gasteiger partial charge >= 0.3 is 5.69 Å². The minimum atomic E-state index is -4.76. The molecule has 6 aromatic rings. The lowest BCUT2D eigenvalue weighted by atomic mass is 9.59. The van der Waals surface area contributed by atoms with Gasteiger partial charge in [0.15, 0.2) is 10.7 Å². The predicted octanol–water partition coefficient (Wildman–Crippen LogP) is 8.90. The monoisotopic (exact) mass is 896 g/mol. The Kier molecular flexibility index (Phi) is 11.2. The molecular formula is C49H52N8O7S. The molecular weight excluding hydrogens is 845 g/mol. The Morgan fingerprint density at radius 3 is 2.58 bits per heavy atom. The highest BCUT2D eigenvalue weighted by Gasteiger charge is 2.50. The van der Waals surface area contributed by atoms with Crippen LogP contribution in [0.4, 0.5) is 17.1 Å². The van der Waals surface area contributed by atoms with Crippen LogP contribution in [-0.4, -0.2) is 77.4 Å². The number of rotatable bonds is 12. The molecule has 6 heterocycles. The number of piperidine rings is 1. The number of ether oxygens (including phenoxy) is 2. The Balaban J connectivity index is 0.859. The van der Waals surface area contributed by atoms with Gasteiger partial charge in [0, 0.05) is 48.5 Å². The number of amides is 1. The number of pyridine rings is 2. The van der Waals surface area contributed by atoms with Gasteiger partial charge in [0.2, 0.25) is 5.88 Å². The zero-order valence-electron chi connectivity index (χ0n) is 36.4. The van der Waals surface area contributed by atoms with Gasteiger partial charge in [0.1, 0.15) is 23.8 Å². The van der Waals surface area contributed by atoms with Crippen molar-refractivity contribution in [3.05, 3.63) is 136 Å². The first kappa shape index (κ1) is 42.4. The highest BCUT2D eigenvalue weighted by Crippen LogP contribution is 2.54. The number of aromatic nitrogens is 3. The largest absolute Gasteiger partial charge is 0.474 e. The number of hydrogen-bond acceptors (Lipinski definition) is 12. The molecule has 10 rings (SSSR count). The van der Waals surface area contributed by atoms with E-state index in [1.165, 1.54) is 43.0 Å². The van der Waals surface area contributed by atoms with Crippen molar-refractivity contribution in [3.63, 3.8) is 0 Å². The molecule has 3 aromatic carbocycles. The fourth-order valence-electron chi connectivity index (χ4n) is 10.5. The first-order valence-electron chi connectivity index (χ1n) is 22.5. The average Bonchev–Trinajstić information content (AvgIpc) is 3.98. The number of hydrogen-bond donors (Lipinski definition) is 3. The molecule has 16 heteroatoms. The van der Waals surface area contributed by atoms with Gasteiger partial charge in [-0.15, -0.1) is 0 Å². The number of nitrogens with zero attached hydrogens (tertiary/aromatic N) is 5. The number of likely N-dealkylation sites (tertiary alicyclic amines) is 1. The summed E-state index contributed by atoms with van der Waals surface area (Å²) in [7, 11) is -4.76. The molecule has 1 aliphatic carbocycles. The molecule has 3 fully saturated rings. The summed E-state index contributed by atoms with van der Waals surface area (Å²) in [6.07, 6.45) is 10.7. The van der Waals surface area contributed by atoms with Crippen LogP contribution >= 0.6 is 0 Å². The van der Waals surface area contributed by atoms with Gasteiger partial charge in [-0.25, -0.2) is 9.71 Å². The molecule has 15 nitrogen and oxygen atoms in total. The van der Waals surface area contributed by atoms with Gasteiger partial charge in [-0.1, -0.05) is 68.4 Å². The van der Waals surface area contributed by atoms with Crippen LogP contribution in [-0.2, 0) is 16.4 Å². The summed E-state index contributed by atoms with van der Waals surface area (Å²) in [6.45, 7) is 7.46. The van der Waals surface area contributed by atoms with Crippen LogP contribution in [0.1, 0.15) is 91.4 Å². The molecule has 2 atom stereocenters. The van der Waals surface area contributed by atoms with Crippen LogP contribution < -0.4 is 24.4 Å². The van der Waals surface area contributed by atoms with Crippen LogP contribution in [0.2, 0.25) is 0 Å². The second-order valence-corrected chi connectivity index (χ2v) is 19.9. The number of fused-ring (bicyclic) bond motifs is 2. The smallest absolute Gasteiger partial charge is 0.300 e. The topological polar surface area (TPSA) is 185 Å². The molecule has 336 valence electrons. The number of nitro groups is 1. The predicted molar refractivity (Wildman–Crippen MR) is 247 cm³/mol. The van der Waals surface area contributed by atoms with Crippen molar-refractivity contribution in [2.24, 2.45) is 5.41 Å². The zero-order chi connectivity index (χ0) is 44.9. The van der Waals surface area contributed by atoms with Gasteiger partial charge in [0.25, 0.3) is 15.9 Å². The summed E-state index contributed by atoms with van der Waals surface area (Å²) in [5.41, 5.74) is 5.10. The molecule has 0 radical (unpaired) electrons. The van der Waals surface area contributed by atoms with Crippen molar-refractivity contribution in [3.8, 4) is 17.4 Å². The third-order valence-electron chi connectivity index (χ3n) is 13.8. The van der Waals surface area contributed by atoms with Crippen LogP contribution in [0.25, 0.3) is 11.0 Å². The van der Waals surface area contributed by atoms with E-state index in [1.807, 2.05) is 36.4 Å². The Morgan fingerprint density at radius 2 is 1.80 bits per heavy atom. The van der Waals surface area contributed by atoms with E-state index in [9.17, 15) is 23.3 Å². The molecule has 1 spiro atoms. The number of benzene rings is 3. The van der Waals surface area contributed by atoms with E-state index in [4.69, 9.17) is 9.47 Å². The number of anilines is 2. The maximum atomic E-state index is 14.1. The van der Waals surface area contributed by atoms with E-state index in [2.05, 4.69) is 72.9 Å². The number of aromatic amines is 1. The normalized spacial score (nSPS) is 19.6. The Labute approximate surface area is 377 Å². The number of carbonyl (C=O) groups excluding carboxylic acids is 1. The maximum Gasteiger partial charge on any atom is 0.300 e. The van der Waals surface area contributed by atoms with Crippen molar-refractivity contribution in [1.82, 2.24) is 24.6 Å². The molecule has 0 bridgehead atoms. The highest BCUT2D eigenvalue weighted by atomic mass is 32.2. The fourth-order valence-corrected chi connectivity index (χ4v) is 11.4. The van der Waals surface area contributed by atoms with E-state index in [1.54, 1.807) is 30.5 Å². The second kappa shape index (κ2) is 17.1. The SMILES string of the molecule is CC(C)c1ccccc1[C@@H]1CCCN1C1CC2(CCN(c3ccc(C(=O)NS(=O)(=O)c4cc([N+](=O)[O-])c5c(n4)OC[C@@H](Cc4ccccc4)N5)c(Oc4cnc5[nH]ccc5c4)c3)CC2)C1. The van der Waals surface area contributed by atoms with Crippen LogP contribution in [0.15, 0.2) is 108 Å². The maximum absolute atomic E-state index is 14.1. The molecule has 2 saturated heterocycles. The molecule has 1 saturated carbocycles. The quantitative estimate of drug-likeness (QED) is 0.0784. The first-order valence-corrected chi connectivity index (χ1v) is 23.9. The lowest BCUT2D eigenvalue weighted by Crippen LogP contribution is -2.54. The first-order chi connectivity index (χ1) is 31.4. The van der Waals surface area contributed by atoms with Gasteiger partial charge in [0.05, 0.1) is 28.8 Å². The third-order valence-corrected chi connectivity index (χ3v) is 15.0. The molecule has 65 heavy (non-hydrogen) atoms. The van der Waals surface area contributed by atoms with Crippen molar-refractivity contribution in [2.45, 2.75) is 87.9 Å². The van der Waals surface area contributed by atoms with Crippen LogP contribution in [0.3, 0.4) is 0 Å². The zero-order valence-corrected chi connectivity index (χ0v) is 37.2.